The summed E-state index contributed by atoms with van der Waals surface area (Å²) in [6.07, 6.45) is 2.25. The van der Waals surface area contributed by atoms with Crippen molar-refractivity contribution in [2.45, 2.75) is 19.8 Å². The summed E-state index contributed by atoms with van der Waals surface area (Å²) in [7, 11) is 0. The lowest BCUT2D eigenvalue weighted by Crippen LogP contribution is -2.47. The molecule has 1 aromatic heterocycles. The number of piperidine rings is 1. The van der Waals surface area contributed by atoms with Gasteiger partial charge in [0, 0.05) is 5.56 Å². The number of amides is 1. The second kappa shape index (κ2) is 9.44. The van der Waals surface area contributed by atoms with Gasteiger partial charge in [0.25, 0.3) is 5.91 Å². The SMILES string of the molecule is Cc1ccc(C(=O)O)cc1-c1ccc(/C=C2\C(=O)NC(=S)C(CCc3cccc(O)c3)C2=O)o1. The van der Waals surface area contributed by atoms with Crippen LogP contribution in [0.3, 0.4) is 0 Å². The van der Waals surface area contributed by atoms with Gasteiger partial charge in [0.15, 0.2) is 5.78 Å². The van der Waals surface area contributed by atoms with Crippen molar-refractivity contribution in [3.05, 3.63) is 82.6 Å². The molecule has 34 heavy (non-hydrogen) atoms. The highest BCUT2D eigenvalue weighted by molar-refractivity contribution is 7.80. The van der Waals surface area contributed by atoms with E-state index >= 15 is 0 Å². The Bertz CT molecular complexity index is 1350. The van der Waals surface area contributed by atoms with Crippen LogP contribution in [-0.4, -0.2) is 32.9 Å². The van der Waals surface area contributed by atoms with Crippen LogP contribution in [0.2, 0.25) is 0 Å². The number of phenols is 1. The number of carbonyl (C=O) groups excluding carboxylic acids is 2. The van der Waals surface area contributed by atoms with Gasteiger partial charge in [-0.2, -0.15) is 0 Å². The average molecular weight is 476 g/mol. The van der Waals surface area contributed by atoms with Crippen LogP contribution >= 0.6 is 12.2 Å². The van der Waals surface area contributed by atoms with Gasteiger partial charge in [0.1, 0.15) is 17.3 Å². The van der Waals surface area contributed by atoms with Gasteiger partial charge in [-0.25, -0.2) is 4.79 Å². The molecule has 2 heterocycles. The molecule has 0 saturated carbocycles. The number of ketones is 1. The minimum absolute atomic E-state index is 0.0635. The fourth-order valence-corrected chi connectivity index (χ4v) is 4.16. The van der Waals surface area contributed by atoms with Gasteiger partial charge in [-0.3, -0.25) is 9.59 Å². The summed E-state index contributed by atoms with van der Waals surface area (Å²) >= 11 is 5.25. The van der Waals surface area contributed by atoms with E-state index in [9.17, 15) is 24.6 Å². The number of carboxylic acids is 1. The van der Waals surface area contributed by atoms with Crippen LogP contribution in [-0.2, 0) is 16.0 Å². The smallest absolute Gasteiger partial charge is 0.335 e. The van der Waals surface area contributed by atoms with Crippen LogP contribution in [0.1, 0.15) is 33.7 Å². The Morgan fingerprint density at radius 3 is 2.68 bits per heavy atom. The van der Waals surface area contributed by atoms with Crippen molar-refractivity contribution in [3.8, 4) is 17.1 Å². The van der Waals surface area contributed by atoms with Crippen LogP contribution in [0.4, 0.5) is 0 Å². The summed E-state index contributed by atoms with van der Waals surface area (Å²) in [4.78, 5) is 37.1. The maximum atomic E-state index is 13.1. The lowest BCUT2D eigenvalue weighted by molar-refractivity contribution is -0.124. The van der Waals surface area contributed by atoms with Gasteiger partial charge in [-0.05, 0) is 73.4 Å². The quantitative estimate of drug-likeness (QED) is 0.276. The van der Waals surface area contributed by atoms with Gasteiger partial charge in [0.05, 0.1) is 22.0 Å². The number of hydrogen-bond acceptors (Lipinski definition) is 6. The Labute approximate surface area is 200 Å². The van der Waals surface area contributed by atoms with Gasteiger partial charge in [-0.1, -0.05) is 30.4 Å². The largest absolute Gasteiger partial charge is 0.508 e. The van der Waals surface area contributed by atoms with Gasteiger partial charge in [0.2, 0.25) is 0 Å². The number of Topliss-reactive ketones (excluding diaryl/α,β-unsaturated/α-hetero) is 1. The molecule has 0 aliphatic carbocycles. The number of hydrogen-bond donors (Lipinski definition) is 3. The fraction of sp³-hybridized carbons (Fsp3) is 0.154. The molecule has 8 heteroatoms. The summed E-state index contributed by atoms with van der Waals surface area (Å²) < 4.78 is 5.83. The van der Waals surface area contributed by atoms with E-state index in [0.717, 1.165) is 11.1 Å². The predicted molar refractivity (Wildman–Crippen MR) is 129 cm³/mol. The molecule has 4 rings (SSSR count). The van der Waals surface area contributed by atoms with Crippen molar-refractivity contribution in [1.82, 2.24) is 5.32 Å². The van der Waals surface area contributed by atoms with Crippen LogP contribution in [0.5, 0.6) is 5.75 Å². The summed E-state index contributed by atoms with van der Waals surface area (Å²) in [5.74, 6) is -1.86. The average Bonchev–Trinajstić information content (AvgIpc) is 3.25. The van der Waals surface area contributed by atoms with Crippen molar-refractivity contribution in [3.63, 3.8) is 0 Å². The molecule has 3 aromatic rings. The minimum atomic E-state index is -1.05. The minimum Gasteiger partial charge on any atom is -0.508 e. The molecule has 1 saturated heterocycles. The summed E-state index contributed by atoms with van der Waals surface area (Å²) in [5.41, 5.74) is 2.34. The zero-order chi connectivity index (χ0) is 24.4. The van der Waals surface area contributed by atoms with Gasteiger partial charge < -0.3 is 19.9 Å². The first-order valence-corrected chi connectivity index (χ1v) is 11.0. The molecule has 1 aliphatic rings. The number of thiocarbonyl (C=S) groups is 1. The van der Waals surface area contributed by atoms with E-state index < -0.39 is 23.6 Å². The number of aromatic carboxylic acids is 1. The number of carbonyl (C=O) groups is 3. The first kappa shape index (κ1) is 23.1. The number of aromatic hydroxyl groups is 1. The molecule has 1 unspecified atom stereocenters. The molecule has 1 aliphatic heterocycles. The number of nitrogens with one attached hydrogen (secondary N) is 1. The van der Waals surface area contributed by atoms with Crippen LogP contribution < -0.4 is 5.32 Å². The second-order valence-corrected chi connectivity index (χ2v) is 8.48. The first-order valence-electron chi connectivity index (χ1n) is 10.6. The highest BCUT2D eigenvalue weighted by atomic mass is 32.1. The monoisotopic (exact) mass is 475 g/mol. The number of furan rings is 1. The standard InChI is InChI=1S/C26H21NO6S/c1-14-5-7-16(26(31)32)12-20(14)22-10-8-18(33-22)13-21-23(29)19(25(34)27-24(21)30)9-6-15-3-2-4-17(28)11-15/h2-5,7-8,10-13,19,28H,6,9H2,1H3,(H,31,32)(H,27,30,34)/b21-13-. The highest BCUT2D eigenvalue weighted by Gasteiger charge is 2.35. The van der Waals surface area contributed by atoms with Crippen molar-refractivity contribution >= 4 is 40.9 Å². The molecule has 3 N–H and O–H groups in total. The zero-order valence-corrected chi connectivity index (χ0v) is 19.0. The molecule has 0 bridgehead atoms. The Balaban J connectivity index is 1.58. The molecule has 1 amide bonds. The van der Waals surface area contributed by atoms with Gasteiger partial charge in [-0.15, -0.1) is 0 Å². The first-order chi connectivity index (χ1) is 16.2. The predicted octanol–water partition coefficient (Wildman–Crippen LogP) is 4.32. The molecular weight excluding hydrogens is 454 g/mol. The number of aryl methyl sites for hydroxylation is 2. The van der Waals surface area contributed by atoms with Crippen LogP contribution in [0, 0.1) is 12.8 Å². The molecule has 7 nitrogen and oxygen atoms in total. The molecule has 0 spiro atoms. The molecular formula is C26H21NO6S. The zero-order valence-electron chi connectivity index (χ0n) is 18.2. The lowest BCUT2D eigenvalue weighted by atomic mass is 9.87. The normalized spacial score (nSPS) is 17.1. The van der Waals surface area contributed by atoms with Gasteiger partial charge >= 0.3 is 5.97 Å². The second-order valence-electron chi connectivity index (χ2n) is 8.04. The lowest BCUT2D eigenvalue weighted by Gasteiger charge is -2.24. The van der Waals surface area contributed by atoms with E-state index in [1.165, 1.54) is 18.2 Å². The Kier molecular flexibility index (Phi) is 6.43. The van der Waals surface area contributed by atoms with E-state index in [1.54, 1.807) is 36.4 Å². The third-order valence-electron chi connectivity index (χ3n) is 5.68. The topological polar surface area (TPSA) is 117 Å². The van der Waals surface area contributed by atoms with E-state index in [-0.39, 0.29) is 27.6 Å². The maximum Gasteiger partial charge on any atom is 0.335 e. The van der Waals surface area contributed by atoms with Crippen LogP contribution in [0.15, 0.2) is 64.6 Å². The number of carboxylic acid groups (broad SMARTS) is 1. The summed E-state index contributed by atoms with van der Waals surface area (Å²) in [6, 6.07) is 14.8. The van der Waals surface area contributed by atoms with E-state index in [4.69, 9.17) is 16.6 Å². The number of benzene rings is 2. The molecule has 2 aromatic carbocycles. The third kappa shape index (κ3) is 4.82. The van der Waals surface area contributed by atoms with E-state index in [0.29, 0.717) is 24.2 Å². The Morgan fingerprint density at radius 2 is 1.94 bits per heavy atom. The summed E-state index contributed by atoms with van der Waals surface area (Å²) in [6.45, 7) is 1.83. The maximum absolute atomic E-state index is 13.1. The molecule has 172 valence electrons. The summed E-state index contributed by atoms with van der Waals surface area (Å²) in [5, 5.41) is 21.5. The molecule has 1 fully saturated rings. The fourth-order valence-electron chi connectivity index (χ4n) is 3.84. The van der Waals surface area contributed by atoms with E-state index in [1.807, 2.05) is 13.0 Å². The van der Waals surface area contributed by atoms with Crippen molar-refractivity contribution in [2.75, 3.05) is 0 Å². The van der Waals surface area contributed by atoms with Crippen molar-refractivity contribution in [2.24, 2.45) is 5.92 Å². The van der Waals surface area contributed by atoms with E-state index in [2.05, 4.69) is 5.32 Å². The Morgan fingerprint density at radius 1 is 1.15 bits per heavy atom. The third-order valence-corrected chi connectivity index (χ3v) is 6.06. The van der Waals surface area contributed by atoms with Crippen LogP contribution in [0.25, 0.3) is 17.4 Å². The molecule has 0 radical (unpaired) electrons. The number of phenolic OH excluding ortho intramolecular Hbond substituents is 1. The molecule has 1 atom stereocenters. The van der Waals surface area contributed by atoms with Crippen molar-refractivity contribution in [1.29, 1.82) is 0 Å². The van der Waals surface area contributed by atoms with Crippen molar-refractivity contribution < 1.29 is 29.0 Å². The highest BCUT2D eigenvalue weighted by Crippen LogP contribution is 2.29. The Hall–Kier alpha value is -4.04. The number of rotatable bonds is 6.